The van der Waals surface area contributed by atoms with E-state index in [1.54, 1.807) is 24.4 Å². The SMILES string of the molecule is COc1ccc(Cn2cc(Cc3cccnc3)c(NC(=O)C3=C(Br)CN(C(=O)OC(C)(C)C)CC3)n2)cc1. The molecule has 0 fully saturated rings. The molecule has 0 atom stereocenters. The lowest BCUT2D eigenvalue weighted by Gasteiger charge is -2.30. The highest BCUT2D eigenvalue weighted by Crippen LogP contribution is 2.27. The number of methoxy groups -OCH3 is 1. The quantitative estimate of drug-likeness (QED) is 0.414. The number of benzene rings is 1. The highest BCUT2D eigenvalue weighted by atomic mass is 79.9. The fourth-order valence-corrected chi connectivity index (χ4v) is 4.73. The minimum atomic E-state index is -0.583. The van der Waals surface area contributed by atoms with Gasteiger partial charge in [-0.3, -0.25) is 14.5 Å². The maximum atomic E-state index is 13.3. The summed E-state index contributed by atoms with van der Waals surface area (Å²) in [4.78, 5) is 31.6. The van der Waals surface area contributed by atoms with Gasteiger partial charge in [-0.2, -0.15) is 5.10 Å². The minimum Gasteiger partial charge on any atom is -0.497 e. The molecule has 0 spiro atoms. The van der Waals surface area contributed by atoms with Crippen molar-refractivity contribution in [1.82, 2.24) is 19.7 Å². The Hall–Kier alpha value is -3.66. The smallest absolute Gasteiger partial charge is 0.410 e. The molecule has 10 heteroatoms. The van der Waals surface area contributed by atoms with Crippen molar-refractivity contribution in [3.63, 3.8) is 0 Å². The highest BCUT2D eigenvalue weighted by molar-refractivity contribution is 9.11. The molecule has 2 amide bonds. The van der Waals surface area contributed by atoms with Gasteiger partial charge in [0.05, 0.1) is 20.2 Å². The summed E-state index contributed by atoms with van der Waals surface area (Å²) < 4.78 is 13.2. The van der Waals surface area contributed by atoms with E-state index >= 15 is 0 Å². The first kappa shape index (κ1) is 27.4. The van der Waals surface area contributed by atoms with Crippen LogP contribution in [0.5, 0.6) is 5.75 Å². The number of aromatic nitrogens is 3. The molecule has 0 bridgehead atoms. The summed E-state index contributed by atoms with van der Waals surface area (Å²) in [5.74, 6) is 1.04. The van der Waals surface area contributed by atoms with Crippen LogP contribution in [0, 0.1) is 0 Å². The number of nitrogens with one attached hydrogen (secondary N) is 1. The summed E-state index contributed by atoms with van der Waals surface area (Å²) >= 11 is 3.52. The van der Waals surface area contributed by atoms with Gasteiger partial charge in [0.25, 0.3) is 5.91 Å². The number of ether oxygens (including phenoxy) is 2. The highest BCUT2D eigenvalue weighted by Gasteiger charge is 2.29. The second kappa shape index (κ2) is 11.8. The molecule has 1 N–H and O–H groups in total. The van der Waals surface area contributed by atoms with Gasteiger partial charge < -0.3 is 19.7 Å². The number of hydrogen-bond donors (Lipinski definition) is 1. The minimum absolute atomic E-state index is 0.247. The molecule has 0 saturated heterocycles. The Morgan fingerprint density at radius 2 is 1.89 bits per heavy atom. The Kier molecular flexibility index (Phi) is 8.51. The van der Waals surface area contributed by atoms with E-state index in [2.05, 4.69) is 26.2 Å². The number of hydrogen-bond acceptors (Lipinski definition) is 6. The first-order chi connectivity index (χ1) is 18.1. The Labute approximate surface area is 231 Å². The summed E-state index contributed by atoms with van der Waals surface area (Å²) in [5.41, 5.74) is 2.95. The summed E-state index contributed by atoms with van der Waals surface area (Å²) in [7, 11) is 1.64. The number of amides is 2. The number of carbonyl (C=O) groups is 2. The van der Waals surface area contributed by atoms with Gasteiger partial charge in [-0.25, -0.2) is 4.79 Å². The largest absolute Gasteiger partial charge is 0.497 e. The molecule has 1 aromatic carbocycles. The standard InChI is InChI=1S/C28H32BrN5O4/c1-28(2,3)38-27(36)33-13-11-23(24(29)18-33)26(35)31-25-21(14-20-6-5-12-30-15-20)17-34(32-25)16-19-7-9-22(37-4)10-8-19/h5-10,12,15,17H,11,13-14,16,18H2,1-4H3,(H,31,32,35). The van der Waals surface area contributed by atoms with Crippen LogP contribution in [0.25, 0.3) is 0 Å². The second-order valence-corrected chi connectivity index (χ2v) is 11.0. The molecule has 1 aliphatic rings. The summed E-state index contributed by atoms with van der Waals surface area (Å²) in [6.07, 6.45) is 6.05. The van der Waals surface area contributed by atoms with Crippen molar-refractivity contribution < 1.29 is 19.1 Å². The zero-order valence-electron chi connectivity index (χ0n) is 22.0. The maximum absolute atomic E-state index is 13.3. The molecule has 2 aromatic heterocycles. The van der Waals surface area contributed by atoms with Crippen LogP contribution in [0.1, 0.15) is 43.9 Å². The molecule has 0 saturated carbocycles. The molecular formula is C28H32BrN5O4. The van der Waals surface area contributed by atoms with Crippen LogP contribution >= 0.6 is 15.9 Å². The van der Waals surface area contributed by atoms with E-state index in [0.717, 1.165) is 22.4 Å². The topological polar surface area (TPSA) is 98.6 Å². The van der Waals surface area contributed by atoms with Gasteiger partial charge in [0, 0.05) is 47.2 Å². The molecule has 4 rings (SSSR count). The van der Waals surface area contributed by atoms with Crippen molar-refractivity contribution in [2.45, 2.75) is 45.8 Å². The van der Waals surface area contributed by atoms with E-state index in [0.29, 0.717) is 41.8 Å². The van der Waals surface area contributed by atoms with Crippen molar-refractivity contribution in [3.8, 4) is 5.75 Å². The third-order valence-electron chi connectivity index (χ3n) is 5.91. The third-order valence-corrected chi connectivity index (χ3v) is 6.63. The van der Waals surface area contributed by atoms with Crippen molar-refractivity contribution in [2.24, 2.45) is 0 Å². The van der Waals surface area contributed by atoms with E-state index in [4.69, 9.17) is 14.6 Å². The van der Waals surface area contributed by atoms with Crippen LogP contribution in [0.4, 0.5) is 10.6 Å². The molecule has 0 aliphatic carbocycles. The molecule has 0 radical (unpaired) electrons. The van der Waals surface area contributed by atoms with Crippen LogP contribution in [0.15, 0.2) is 65.0 Å². The van der Waals surface area contributed by atoms with E-state index in [-0.39, 0.29) is 12.5 Å². The molecule has 0 unspecified atom stereocenters. The van der Waals surface area contributed by atoms with E-state index in [9.17, 15) is 9.59 Å². The molecule has 1 aliphatic heterocycles. The van der Waals surface area contributed by atoms with Gasteiger partial charge in [0.1, 0.15) is 11.4 Å². The van der Waals surface area contributed by atoms with Gasteiger partial charge in [-0.1, -0.05) is 34.1 Å². The molecule has 3 heterocycles. The van der Waals surface area contributed by atoms with Gasteiger partial charge in [-0.15, -0.1) is 0 Å². The predicted octanol–water partition coefficient (Wildman–Crippen LogP) is 5.15. The number of halogens is 1. The Bertz CT molecular complexity index is 1310. The van der Waals surface area contributed by atoms with Gasteiger partial charge in [0.2, 0.25) is 0 Å². The number of nitrogens with zero attached hydrogens (tertiary/aromatic N) is 4. The Morgan fingerprint density at radius 1 is 1.13 bits per heavy atom. The zero-order valence-corrected chi connectivity index (χ0v) is 23.6. The summed E-state index contributed by atoms with van der Waals surface area (Å²) in [6, 6.07) is 11.7. The molecule has 200 valence electrons. The predicted molar refractivity (Wildman–Crippen MR) is 148 cm³/mol. The molecule has 3 aromatic rings. The first-order valence-electron chi connectivity index (χ1n) is 12.4. The Morgan fingerprint density at radius 3 is 2.53 bits per heavy atom. The second-order valence-electron chi connectivity index (χ2n) is 10.1. The van der Waals surface area contributed by atoms with Crippen LogP contribution in [0.2, 0.25) is 0 Å². The average Bonchev–Trinajstić information content (AvgIpc) is 3.24. The zero-order chi connectivity index (χ0) is 27.3. The van der Waals surface area contributed by atoms with Crippen LogP contribution < -0.4 is 10.1 Å². The van der Waals surface area contributed by atoms with Crippen molar-refractivity contribution in [3.05, 3.63) is 81.7 Å². The lowest BCUT2D eigenvalue weighted by atomic mass is 10.1. The van der Waals surface area contributed by atoms with E-state index in [1.807, 2.05) is 68.0 Å². The Balaban J connectivity index is 1.52. The van der Waals surface area contributed by atoms with E-state index in [1.165, 1.54) is 0 Å². The number of rotatable bonds is 7. The van der Waals surface area contributed by atoms with Gasteiger partial charge in [0.15, 0.2) is 5.82 Å². The van der Waals surface area contributed by atoms with Crippen LogP contribution in [-0.4, -0.2) is 57.5 Å². The van der Waals surface area contributed by atoms with Crippen LogP contribution in [-0.2, 0) is 22.5 Å². The van der Waals surface area contributed by atoms with Gasteiger partial charge in [-0.05, 0) is 56.5 Å². The lowest BCUT2D eigenvalue weighted by molar-refractivity contribution is -0.113. The fraction of sp³-hybridized carbons (Fsp3) is 0.357. The van der Waals surface area contributed by atoms with E-state index < -0.39 is 11.7 Å². The number of anilines is 1. The van der Waals surface area contributed by atoms with Crippen molar-refractivity contribution >= 4 is 33.7 Å². The molecule has 9 nitrogen and oxygen atoms in total. The maximum Gasteiger partial charge on any atom is 0.410 e. The molecule has 38 heavy (non-hydrogen) atoms. The first-order valence-corrected chi connectivity index (χ1v) is 13.2. The van der Waals surface area contributed by atoms with Crippen LogP contribution in [0.3, 0.4) is 0 Å². The normalized spacial score (nSPS) is 13.9. The average molecular weight is 582 g/mol. The van der Waals surface area contributed by atoms with Gasteiger partial charge >= 0.3 is 6.09 Å². The third kappa shape index (κ3) is 7.22. The number of pyridine rings is 1. The fourth-order valence-electron chi connectivity index (χ4n) is 4.05. The number of carbonyl (C=O) groups excluding carboxylic acids is 2. The lowest BCUT2D eigenvalue weighted by Crippen LogP contribution is -2.41. The van der Waals surface area contributed by atoms with Crippen molar-refractivity contribution in [1.29, 1.82) is 0 Å². The molecular weight excluding hydrogens is 550 g/mol. The summed E-state index contributed by atoms with van der Waals surface area (Å²) in [5, 5.41) is 7.70. The monoisotopic (exact) mass is 581 g/mol. The van der Waals surface area contributed by atoms with Crippen molar-refractivity contribution in [2.75, 3.05) is 25.5 Å². The summed E-state index contributed by atoms with van der Waals surface area (Å²) in [6.45, 7) is 6.69.